The zero-order chi connectivity index (χ0) is 14.0. The molecular formula is C11H16N4O4. The van der Waals surface area contributed by atoms with Gasteiger partial charge in [0.1, 0.15) is 11.7 Å². The minimum atomic E-state index is -1.19. The number of aromatic carboxylic acids is 1. The van der Waals surface area contributed by atoms with Crippen LogP contribution in [0.15, 0.2) is 0 Å². The van der Waals surface area contributed by atoms with Crippen LogP contribution in [0.1, 0.15) is 42.0 Å². The maximum atomic E-state index is 11.9. The second-order valence-electron chi connectivity index (χ2n) is 4.53. The molecule has 2 N–H and O–H groups in total. The molecule has 19 heavy (non-hydrogen) atoms. The molecule has 0 saturated heterocycles. The van der Waals surface area contributed by atoms with Gasteiger partial charge >= 0.3 is 5.97 Å². The van der Waals surface area contributed by atoms with E-state index in [-0.39, 0.29) is 29.9 Å². The molecule has 2 rings (SSSR count). The van der Waals surface area contributed by atoms with E-state index in [2.05, 4.69) is 15.6 Å². The summed E-state index contributed by atoms with van der Waals surface area (Å²) in [6, 6.07) is -0.380. The number of methoxy groups -OCH3 is 1. The molecule has 1 aliphatic rings. The number of aromatic nitrogens is 3. The average Bonchev–Trinajstić information content (AvgIpc) is 3.06. The van der Waals surface area contributed by atoms with E-state index in [0.29, 0.717) is 0 Å². The van der Waals surface area contributed by atoms with Crippen LogP contribution in [0, 0.1) is 0 Å². The fraction of sp³-hybridized carbons (Fsp3) is 0.636. The molecule has 0 bridgehead atoms. The fourth-order valence-corrected chi connectivity index (χ4v) is 1.72. The van der Waals surface area contributed by atoms with Crippen molar-refractivity contribution >= 4 is 11.9 Å². The molecule has 1 atom stereocenters. The van der Waals surface area contributed by atoms with Crippen molar-refractivity contribution in [2.75, 3.05) is 7.11 Å². The Hall–Kier alpha value is -1.96. The molecular weight excluding hydrogens is 252 g/mol. The van der Waals surface area contributed by atoms with E-state index in [1.165, 1.54) is 11.8 Å². The number of nitrogens with zero attached hydrogens (tertiary/aromatic N) is 3. The highest BCUT2D eigenvalue weighted by atomic mass is 16.5. The fourth-order valence-electron chi connectivity index (χ4n) is 1.72. The van der Waals surface area contributed by atoms with Gasteiger partial charge in [-0.1, -0.05) is 5.21 Å². The van der Waals surface area contributed by atoms with Crippen LogP contribution in [0.5, 0.6) is 0 Å². The summed E-state index contributed by atoms with van der Waals surface area (Å²) in [7, 11) is 1.44. The molecule has 0 aliphatic heterocycles. The van der Waals surface area contributed by atoms with Gasteiger partial charge in [0, 0.05) is 13.2 Å². The van der Waals surface area contributed by atoms with E-state index in [9.17, 15) is 9.59 Å². The number of amides is 1. The number of rotatable bonds is 6. The Morgan fingerprint density at radius 3 is 2.79 bits per heavy atom. The molecule has 1 saturated carbocycles. The molecule has 1 aromatic rings. The Morgan fingerprint density at radius 2 is 2.26 bits per heavy atom. The quantitative estimate of drug-likeness (QED) is 0.750. The molecule has 1 unspecified atom stereocenters. The third-order valence-corrected chi connectivity index (χ3v) is 2.94. The van der Waals surface area contributed by atoms with E-state index < -0.39 is 12.0 Å². The largest absolute Gasteiger partial charge is 0.476 e. The van der Waals surface area contributed by atoms with E-state index >= 15 is 0 Å². The zero-order valence-electron chi connectivity index (χ0n) is 10.8. The van der Waals surface area contributed by atoms with E-state index in [1.54, 1.807) is 6.92 Å². The summed E-state index contributed by atoms with van der Waals surface area (Å²) >= 11 is 0. The highest BCUT2D eigenvalue weighted by Crippen LogP contribution is 2.20. The summed E-state index contributed by atoms with van der Waals surface area (Å²) in [6.07, 6.45) is 1.97. The van der Waals surface area contributed by atoms with Crippen LogP contribution in [0.25, 0.3) is 0 Å². The minimum Gasteiger partial charge on any atom is -0.476 e. The molecule has 8 nitrogen and oxygen atoms in total. The lowest BCUT2D eigenvalue weighted by Crippen LogP contribution is -2.33. The third kappa shape index (κ3) is 2.90. The van der Waals surface area contributed by atoms with Crippen molar-refractivity contribution in [1.82, 2.24) is 20.3 Å². The standard InChI is InChI=1S/C11H16N4O4/c1-6(10(16)12-7-3-4-7)15-8(5-19-2)9(11(17)18)13-14-15/h6-7H,3-5H2,1-2H3,(H,12,16)(H,17,18). The van der Waals surface area contributed by atoms with Crippen molar-refractivity contribution in [2.24, 2.45) is 0 Å². The maximum Gasteiger partial charge on any atom is 0.358 e. The number of carbonyl (C=O) groups excluding carboxylic acids is 1. The number of hydrogen-bond acceptors (Lipinski definition) is 5. The first-order valence-corrected chi connectivity index (χ1v) is 6.01. The van der Waals surface area contributed by atoms with E-state index in [0.717, 1.165) is 12.8 Å². The second kappa shape index (κ2) is 5.35. The van der Waals surface area contributed by atoms with Gasteiger partial charge in [-0.2, -0.15) is 0 Å². The smallest absolute Gasteiger partial charge is 0.358 e. The van der Waals surface area contributed by atoms with Crippen molar-refractivity contribution in [2.45, 2.75) is 38.5 Å². The summed E-state index contributed by atoms with van der Waals surface area (Å²) in [5, 5.41) is 19.2. The Morgan fingerprint density at radius 1 is 1.58 bits per heavy atom. The summed E-state index contributed by atoms with van der Waals surface area (Å²) in [4.78, 5) is 23.0. The van der Waals surface area contributed by atoms with Gasteiger partial charge in [-0.15, -0.1) is 5.10 Å². The van der Waals surface area contributed by atoms with Crippen LogP contribution in [0.4, 0.5) is 0 Å². The van der Waals surface area contributed by atoms with Gasteiger partial charge in [0.05, 0.1) is 6.61 Å². The lowest BCUT2D eigenvalue weighted by Gasteiger charge is -2.14. The lowest BCUT2D eigenvalue weighted by molar-refractivity contribution is -0.124. The van der Waals surface area contributed by atoms with Gasteiger partial charge in [-0.25, -0.2) is 9.48 Å². The molecule has 0 aromatic carbocycles. The van der Waals surface area contributed by atoms with Crippen LogP contribution in [-0.2, 0) is 16.1 Å². The monoisotopic (exact) mass is 268 g/mol. The number of carboxylic acids is 1. The predicted molar refractivity (Wildman–Crippen MR) is 63.6 cm³/mol. The Kier molecular flexibility index (Phi) is 3.79. The first kappa shape index (κ1) is 13.5. The van der Waals surface area contributed by atoms with Gasteiger partial charge in [0.15, 0.2) is 5.69 Å². The number of ether oxygens (including phenoxy) is 1. The summed E-state index contributed by atoms with van der Waals surface area (Å²) in [5.41, 5.74) is 0.0985. The van der Waals surface area contributed by atoms with Gasteiger partial charge in [-0.05, 0) is 19.8 Å². The topological polar surface area (TPSA) is 106 Å². The number of carbonyl (C=O) groups is 2. The molecule has 1 amide bonds. The molecule has 0 radical (unpaired) electrons. The highest BCUT2D eigenvalue weighted by Gasteiger charge is 2.29. The SMILES string of the molecule is COCc1c(C(=O)O)nnn1C(C)C(=O)NC1CC1. The van der Waals surface area contributed by atoms with Crippen LogP contribution >= 0.6 is 0 Å². The molecule has 1 heterocycles. The first-order valence-electron chi connectivity index (χ1n) is 6.01. The molecule has 1 aliphatic carbocycles. The van der Waals surface area contributed by atoms with Crippen molar-refractivity contribution in [3.8, 4) is 0 Å². The van der Waals surface area contributed by atoms with Crippen LogP contribution in [-0.4, -0.2) is 45.1 Å². The third-order valence-electron chi connectivity index (χ3n) is 2.94. The summed E-state index contributed by atoms with van der Waals surface area (Å²) in [6.45, 7) is 1.69. The molecule has 0 spiro atoms. The van der Waals surface area contributed by atoms with Gasteiger partial charge in [0.2, 0.25) is 5.91 Å². The normalized spacial score (nSPS) is 16.1. The molecule has 8 heteroatoms. The van der Waals surface area contributed by atoms with Crippen LogP contribution in [0.2, 0.25) is 0 Å². The first-order chi connectivity index (χ1) is 9.04. The van der Waals surface area contributed by atoms with Gasteiger partial charge < -0.3 is 15.2 Å². The number of carboxylic acid groups (broad SMARTS) is 1. The van der Waals surface area contributed by atoms with E-state index in [1.807, 2.05) is 0 Å². The Balaban J connectivity index is 2.21. The van der Waals surface area contributed by atoms with Crippen molar-refractivity contribution in [3.63, 3.8) is 0 Å². The predicted octanol–water partition coefficient (Wildman–Crippen LogP) is -0.0377. The summed E-state index contributed by atoms with van der Waals surface area (Å²) < 4.78 is 6.24. The molecule has 104 valence electrons. The summed E-state index contributed by atoms with van der Waals surface area (Å²) in [5.74, 6) is -1.38. The highest BCUT2D eigenvalue weighted by molar-refractivity contribution is 5.87. The zero-order valence-corrected chi connectivity index (χ0v) is 10.8. The number of hydrogen-bond donors (Lipinski definition) is 2. The molecule has 1 aromatic heterocycles. The lowest BCUT2D eigenvalue weighted by atomic mass is 10.2. The van der Waals surface area contributed by atoms with E-state index in [4.69, 9.17) is 9.84 Å². The molecule has 1 fully saturated rings. The van der Waals surface area contributed by atoms with Crippen LogP contribution in [0.3, 0.4) is 0 Å². The van der Waals surface area contributed by atoms with Crippen molar-refractivity contribution in [1.29, 1.82) is 0 Å². The van der Waals surface area contributed by atoms with Crippen molar-refractivity contribution < 1.29 is 19.4 Å². The van der Waals surface area contributed by atoms with Crippen molar-refractivity contribution in [3.05, 3.63) is 11.4 Å². The Labute approximate surface area is 109 Å². The van der Waals surface area contributed by atoms with Crippen LogP contribution < -0.4 is 5.32 Å². The average molecular weight is 268 g/mol. The minimum absolute atomic E-state index is 0.0374. The maximum absolute atomic E-state index is 11.9. The second-order valence-corrected chi connectivity index (χ2v) is 4.53. The Bertz CT molecular complexity index is 495. The van der Waals surface area contributed by atoms with Gasteiger partial charge in [-0.3, -0.25) is 4.79 Å². The van der Waals surface area contributed by atoms with Gasteiger partial charge in [0.25, 0.3) is 0 Å². The number of nitrogens with one attached hydrogen (secondary N) is 1.